The number of alkyl halides is 2. The van der Waals surface area contributed by atoms with E-state index in [4.69, 9.17) is 4.74 Å². The average molecular weight is 446 g/mol. The molecule has 0 aliphatic carbocycles. The Morgan fingerprint density at radius 3 is 2.68 bits per heavy atom. The largest absolute Gasteiger partial charge is 0.496 e. The fourth-order valence-electron chi connectivity index (χ4n) is 3.74. The lowest BCUT2D eigenvalue weighted by Gasteiger charge is -2.20. The maximum absolute atomic E-state index is 14.6. The van der Waals surface area contributed by atoms with Gasteiger partial charge in [0.1, 0.15) is 23.7 Å². The highest BCUT2D eigenvalue weighted by molar-refractivity contribution is 7.99. The number of halogens is 3. The first-order valence-corrected chi connectivity index (χ1v) is 11.1. The molecular formula is C23H22F3N3OS. The van der Waals surface area contributed by atoms with E-state index >= 15 is 0 Å². The first-order valence-electron chi connectivity index (χ1n) is 9.92. The Kier molecular flexibility index (Phi) is 6.36. The molecule has 31 heavy (non-hydrogen) atoms. The third-order valence-corrected chi connectivity index (χ3v) is 6.27. The fourth-order valence-corrected chi connectivity index (χ4v) is 4.59. The normalized spacial score (nSPS) is 15.1. The van der Waals surface area contributed by atoms with Crippen molar-refractivity contribution in [2.45, 2.75) is 25.8 Å². The van der Waals surface area contributed by atoms with E-state index < -0.39 is 23.8 Å². The van der Waals surface area contributed by atoms with Crippen LogP contribution in [0.5, 0.6) is 5.75 Å². The Morgan fingerprint density at radius 2 is 1.97 bits per heavy atom. The summed E-state index contributed by atoms with van der Waals surface area (Å²) in [4.78, 5) is 8.69. The van der Waals surface area contributed by atoms with Crippen LogP contribution in [-0.4, -0.2) is 28.6 Å². The molecule has 1 aromatic heterocycles. The summed E-state index contributed by atoms with van der Waals surface area (Å²) in [7, 11) is 1.63. The van der Waals surface area contributed by atoms with E-state index in [0.717, 1.165) is 40.7 Å². The van der Waals surface area contributed by atoms with Gasteiger partial charge in [0.15, 0.2) is 0 Å². The summed E-state index contributed by atoms with van der Waals surface area (Å²) in [5.41, 5.74) is 2.42. The lowest BCUT2D eigenvalue weighted by atomic mass is 9.99. The standard InChI is InChI=1S/C23H22F3N3OS/c1-13(15-4-3-5-16(21(15)24)22(25)26)29-23-18-10-17(14-6-8-31-9-7-14)20(30-2)11-19(18)27-12-28-23/h3-6,10-13,22H,7-9H2,1-2H3,(H,27,28,29)/t13-/m1/s1. The van der Waals surface area contributed by atoms with E-state index in [1.54, 1.807) is 14.0 Å². The number of rotatable bonds is 6. The first kappa shape index (κ1) is 21.5. The van der Waals surface area contributed by atoms with Gasteiger partial charge in [0.05, 0.1) is 24.2 Å². The van der Waals surface area contributed by atoms with Crippen molar-refractivity contribution in [3.05, 3.63) is 65.2 Å². The zero-order valence-electron chi connectivity index (χ0n) is 17.2. The molecule has 0 spiro atoms. The van der Waals surface area contributed by atoms with Crippen molar-refractivity contribution in [3.63, 3.8) is 0 Å². The summed E-state index contributed by atoms with van der Waals surface area (Å²) in [6.45, 7) is 1.72. The van der Waals surface area contributed by atoms with Gasteiger partial charge in [-0.25, -0.2) is 23.1 Å². The predicted octanol–water partition coefficient (Wildman–Crippen LogP) is 6.41. The van der Waals surface area contributed by atoms with Gasteiger partial charge in [-0.3, -0.25) is 0 Å². The number of hydrogen-bond donors (Lipinski definition) is 1. The minimum atomic E-state index is -2.87. The molecule has 4 rings (SSSR count). The molecule has 3 aromatic rings. The first-order chi connectivity index (χ1) is 15.0. The summed E-state index contributed by atoms with van der Waals surface area (Å²) in [6, 6.07) is 7.31. The number of fused-ring (bicyclic) bond motifs is 1. The number of hydrogen-bond acceptors (Lipinski definition) is 5. The number of anilines is 1. The number of nitrogens with one attached hydrogen (secondary N) is 1. The lowest BCUT2D eigenvalue weighted by molar-refractivity contribution is 0.146. The highest BCUT2D eigenvalue weighted by Gasteiger charge is 2.21. The molecule has 0 fully saturated rings. The zero-order valence-corrected chi connectivity index (χ0v) is 18.0. The molecule has 0 saturated carbocycles. The lowest BCUT2D eigenvalue weighted by Crippen LogP contribution is -2.12. The van der Waals surface area contributed by atoms with Gasteiger partial charge in [-0.1, -0.05) is 24.3 Å². The van der Waals surface area contributed by atoms with Gasteiger partial charge in [-0.2, -0.15) is 11.8 Å². The molecule has 1 aliphatic rings. The van der Waals surface area contributed by atoms with Crippen molar-refractivity contribution in [1.82, 2.24) is 9.97 Å². The van der Waals surface area contributed by atoms with Crippen molar-refractivity contribution in [3.8, 4) is 5.75 Å². The molecule has 162 valence electrons. The van der Waals surface area contributed by atoms with Crippen LogP contribution in [0.15, 0.2) is 42.7 Å². The molecule has 4 nitrogen and oxygen atoms in total. The molecule has 1 aliphatic heterocycles. The molecular weight excluding hydrogens is 423 g/mol. The van der Waals surface area contributed by atoms with E-state index in [-0.39, 0.29) is 5.56 Å². The van der Waals surface area contributed by atoms with E-state index in [0.29, 0.717) is 11.3 Å². The molecule has 2 heterocycles. The Labute approximate surface area is 182 Å². The second-order valence-corrected chi connectivity index (χ2v) is 8.41. The number of benzene rings is 2. The second kappa shape index (κ2) is 9.18. The molecule has 0 amide bonds. The molecule has 8 heteroatoms. The van der Waals surface area contributed by atoms with Gasteiger partial charge < -0.3 is 10.1 Å². The molecule has 0 saturated heterocycles. The zero-order chi connectivity index (χ0) is 22.0. The molecule has 1 atom stereocenters. The SMILES string of the molecule is COc1cc2ncnc(N[C@H](C)c3cccc(C(F)F)c3F)c2cc1C1=CCSCC1. The number of methoxy groups -OCH3 is 1. The Hall–Kier alpha value is -2.74. The molecule has 0 unspecified atom stereocenters. The molecule has 0 radical (unpaired) electrons. The van der Waals surface area contributed by atoms with Crippen LogP contribution in [0.2, 0.25) is 0 Å². The van der Waals surface area contributed by atoms with Gasteiger partial charge >= 0.3 is 0 Å². The number of aromatic nitrogens is 2. The van der Waals surface area contributed by atoms with E-state index in [2.05, 4.69) is 21.4 Å². The third kappa shape index (κ3) is 4.35. The summed E-state index contributed by atoms with van der Waals surface area (Å²) >= 11 is 1.88. The summed E-state index contributed by atoms with van der Waals surface area (Å²) in [5, 5.41) is 3.93. The maximum atomic E-state index is 14.6. The third-order valence-electron chi connectivity index (χ3n) is 5.38. The smallest absolute Gasteiger partial charge is 0.266 e. The summed E-state index contributed by atoms with van der Waals surface area (Å²) < 4.78 is 46.4. The van der Waals surface area contributed by atoms with Crippen molar-refractivity contribution < 1.29 is 17.9 Å². The van der Waals surface area contributed by atoms with E-state index in [1.165, 1.54) is 24.0 Å². The predicted molar refractivity (Wildman–Crippen MR) is 119 cm³/mol. The highest BCUT2D eigenvalue weighted by Crippen LogP contribution is 2.37. The number of ether oxygens (including phenoxy) is 1. The average Bonchev–Trinajstić information content (AvgIpc) is 2.78. The molecule has 0 bridgehead atoms. The Balaban J connectivity index is 1.74. The van der Waals surface area contributed by atoms with Crippen LogP contribution < -0.4 is 10.1 Å². The topological polar surface area (TPSA) is 47.0 Å². The van der Waals surface area contributed by atoms with Crippen LogP contribution in [0, 0.1) is 5.82 Å². The van der Waals surface area contributed by atoms with Gasteiger partial charge in [0.2, 0.25) is 0 Å². The minimum absolute atomic E-state index is 0.158. The van der Waals surface area contributed by atoms with Crippen LogP contribution in [0.25, 0.3) is 16.5 Å². The van der Waals surface area contributed by atoms with E-state index in [1.807, 2.05) is 23.9 Å². The molecule has 2 aromatic carbocycles. The Bertz CT molecular complexity index is 1140. The van der Waals surface area contributed by atoms with Crippen molar-refractivity contribution >= 4 is 34.1 Å². The number of thioether (sulfide) groups is 1. The number of nitrogens with zero attached hydrogens (tertiary/aromatic N) is 2. The van der Waals surface area contributed by atoms with Gasteiger partial charge in [0, 0.05) is 28.3 Å². The van der Waals surface area contributed by atoms with Gasteiger partial charge in [0.25, 0.3) is 6.43 Å². The number of allylic oxidation sites excluding steroid dienone is 1. The quantitative estimate of drug-likeness (QED) is 0.475. The van der Waals surface area contributed by atoms with E-state index in [9.17, 15) is 13.2 Å². The Morgan fingerprint density at radius 1 is 1.16 bits per heavy atom. The highest BCUT2D eigenvalue weighted by atomic mass is 32.2. The van der Waals surface area contributed by atoms with Gasteiger partial charge in [-0.05, 0) is 30.7 Å². The van der Waals surface area contributed by atoms with Crippen LogP contribution in [0.1, 0.15) is 42.5 Å². The van der Waals surface area contributed by atoms with Gasteiger partial charge in [-0.15, -0.1) is 0 Å². The van der Waals surface area contributed by atoms with Crippen molar-refractivity contribution in [1.29, 1.82) is 0 Å². The second-order valence-electron chi connectivity index (χ2n) is 7.26. The summed E-state index contributed by atoms with van der Waals surface area (Å²) in [6.07, 6.45) is 1.68. The van der Waals surface area contributed by atoms with Crippen LogP contribution in [0.4, 0.5) is 19.0 Å². The van der Waals surface area contributed by atoms with Crippen LogP contribution in [0.3, 0.4) is 0 Å². The fraction of sp³-hybridized carbons (Fsp3) is 0.304. The minimum Gasteiger partial charge on any atom is -0.496 e. The maximum Gasteiger partial charge on any atom is 0.266 e. The van der Waals surface area contributed by atoms with Crippen molar-refractivity contribution in [2.75, 3.05) is 23.9 Å². The van der Waals surface area contributed by atoms with Crippen LogP contribution in [-0.2, 0) is 0 Å². The summed E-state index contributed by atoms with van der Waals surface area (Å²) in [5.74, 6) is 2.33. The molecule has 1 N–H and O–H groups in total. The van der Waals surface area contributed by atoms with Crippen molar-refractivity contribution in [2.24, 2.45) is 0 Å². The van der Waals surface area contributed by atoms with Crippen LogP contribution >= 0.6 is 11.8 Å². The monoisotopic (exact) mass is 445 g/mol.